The Kier molecular flexibility index (Phi) is 5.33. The van der Waals surface area contributed by atoms with Crippen molar-refractivity contribution in [3.05, 3.63) is 5.01 Å². The smallest absolute Gasteiger partial charge is 0.205 e. The largest absolute Gasteiger partial charge is 0.360 e. The second kappa shape index (κ2) is 6.31. The summed E-state index contributed by atoms with van der Waals surface area (Å²) in [7, 11) is 2.14. The second-order valence-corrected chi connectivity index (χ2v) is 6.01. The van der Waals surface area contributed by atoms with Crippen LogP contribution >= 0.6 is 11.3 Å². The van der Waals surface area contributed by atoms with E-state index in [1.165, 1.54) is 0 Å². The normalized spacial score (nSPS) is 12.1. The molecular weight excluding hydrogens is 232 g/mol. The SMILES string of the molecule is CCCNc1nnc(CN(C)C(C)(C)CC)s1. The molecule has 4 nitrogen and oxygen atoms in total. The zero-order valence-corrected chi connectivity index (χ0v) is 12.4. The lowest BCUT2D eigenvalue weighted by atomic mass is 10.0. The zero-order chi connectivity index (χ0) is 12.9. The molecule has 0 aromatic carbocycles. The van der Waals surface area contributed by atoms with Gasteiger partial charge in [-0.25, -0.2) is 0 Å². The Morgan fingerprint density at radius 2 is 2.00 bits per heavy atom. The second-order valence-electron chi connectivity index (χ2n) is 4.95. The summed E-state index contributed by atoms with van der Waals surface area (Å²) in [6.45, 7) is 10.7. The maximum absolute atomic E-state index is 4.22. The summed E-state index contributed by atoms with van der Waals surface area (Å²) in [5.74, 6) is 0. The van der Waals surface area contributed by atoms with Crippen molar-refractivity contribution >= 4 is 16.5 Å². The average molecular weight is 256 g/mol. The molecule has 1 rings (SSSR count). The van der Waals surface area contributed by atoms with E-state index < -0.39 is 0 Å². The van der Waals surface area contributed by atoms with Gasteiger partial charge in [0.05, 0.1) is 6.54 Å². The Labute approximate surface area is 108 Å². The van der Waals surface area contributed by atoms with Crippen LogP contribution in [-0.2, 0) is 6.54 Å². The van der Waals surface area contributed by atoms with Crippen LogP contribution in [0.4, 0.5) is 5.13 Å². The van der Waals surface area contributed by atoms with Crippen molar-refractivity contribution in [1.29, 1.82) is 0 Å². The van der Waals surface area contributed by atoms with Crippen molar-refractivity contribution in [2.24, 2.45) is 0 Å². The molecule has 0 aliphatic rings. The molecule has 0 spiro atoms. The summed E-state index contributed by atoms with van der Waals surface area (Å²) in [5.41, 5.74) is 0.211. The van der Waals surface area contributed by atoms with Gasteiger partial charge in [-0.3, -0.25) is 4.90 Å². The highest BCUT2D eigenvalue weighted by Gasteiger charge is 2.22. The van der Waals surface area contributed by atoms with E-state index in [0.29, 0.717) is 0 Å². The van der Waals surface area contributed by atoms with E-state index in [1.807, 2.05) is 0 Å². The van der Waals surface area contributed by atoms with Gasteiger partial charge >= 0.3 is 0 Å². The van der Waals surface area contributed by atoms with Gasteiger partial charge in [0.25, 0.3) is 0 Å². The number of nitrogens with zero attached hydrogens (tertiary/aromatic N) is 3. The summed E-state index contributed by atoms with van der Waals surface area (Å²) in [6, 6.07) is 0. The van der Waals surface area contributed by atoms with Gasteiger partial charge in [-0.1, -0.05) is 25.2 Å². The van der Waals surface area contributed by atoms with Crippen LogP contribution in [0.2, 0.25) is 0 Å². The summed E-state index contributed by atoms with van der Waals surface area (Å²) in [4.78, 5) is 2.33. The number of hydrogen-bond acceptors (Lipinski definition) is 5. The van der Waals surface area contributed by atoms with Gasteiger partial charge in [-0.05, 0) is 33.7 Å². The minimum Gasteiger partial charge on any atom is -0.360 e. The number of hydrogen-bond donors (Lipinski definition) is 1. The van der Waals surface area contributed by atoms with Crippen molar-refractivity contribution in [2.75, 3.05) is 18.9 Å². The van der Waals surface area contributed by atoms with Crippen molar-refractivity contribution in [1.82, 2.24) is 15.1 Å². The lowest BCUT2D eigenvalue weighted by Crippen LogP contribution is -2.39. The molecule has 0 atom stereocenters. The molecule has 1 aromatic heterocycles. The predicted octanol–water partition coefficient (Wildman–Crippen LogP) is 2.98. The maximum atomic E-state index is 4.22. The zero-order valence-electron chi connectivity index (χ0n) is 11.6. The fraction of sp³-hybridized carbons (Fsp3) is 0.833. The fourth-order valence-corrected chi connectivity index (χ4v) is 2.13. The first-order valence-electron chi connectivity index (χ1n) is 6.27. The van der Waals surface area contributed by atoms with E-state index in [4.69, 9.17) is 0 Å². The third kappa shape index (κ3) is 4.24. The van der Waals surface area contributed by atoms with Gasteiger partial charge in [0, 0.05) is 12.1 Å². The fourth-order valence-electron chi connectivity index (χ4n) is 1.31. The van der Waals surface area contributed by atoms with E-state index in [0.717, 1.165) is 36.1 Å². The molecule has 0 aliphatic carbocycles. The Bertz CT molecular complexity index is 335. The molecule has 0 fully saturated rings. The summed E-state index contributed by atoms with van der Waals surface area (Å²) >= 11 is 1.65. The number of rotatable bonds is 7. The summed E-state index contributed by atoms with van der Waals surface area (Å²) in [5, 5.41) is 13.6. The Morgan fingerprint density at radius 3 is 2.59 bits per heavy atom. The molecule has 0 saturated carbocycles. The van der Waals surface area contributed by atoms with E-state index in [9.17, 15) is 0 Å². The van der Waals surface area contributed by atoms with Gasteiger partial charge in [0.2, 0.25) is 5.13 Å². The quantitative estimate of drug-likeness (QED) is 0.814. The van der Waals surface area contributed by atoms with Gasteiger partial charge < -0.3 is 5.32 Å². The lowest BCUT2D eigenvalue weighted by Gasteiger charge is -2.33. The first kappa shape index (κ1) is 14.4. The molecule has 0 amide bonds. The molecule has 1 heterocycles. The van der Waals surface area contributed by atoms with E-state index in [1.54, 1.807) is 11.3 Å². The third-order valence-electron chi connectivity index (χ3n) is 3.26. The molecule has 0 saturated heterocycles. The van der Waals surface area contributed by atoms with Crippen molar-refractivity contribution in [3.63, 3.8) is 0 Å². The van der Waals surface area contributed by atoms with Gasteiger partial charge in [-0.2, -0.15) is 0 Å². The van der Waals surface area contributed by atoms with E-state index in [2.05, 4.69) is 55.2 Å². The average Bonchev–Trinajstić information content (AvgIpc) is 2.74. The lowest BCUT2D eigenvalue weighted by molar-refractivity contribution is 0.142. The summed E-state index contributed by atoms with van der Waals surface area (Å²) in [6.07, 6.45) is 2.24. The minimum absolute atomic E-state index is 0.211. The highest BCUT2D eigenvalue weighted by atomic mass is 32.1. The first-order chi connectivity index (χ1) is 7.99. The monoisotopic (exact) mass is 256 g/mol. The highest BCUT2D eigenvalue weighted by Crippen LogP contribution is 2.22. The van der Waals surface area contributed by atoms with Crippen LogP contribution in [-0.4, -0.2) is 34.2 Å². The van der Waals surface area contributed by atoms with Crippen LogP contribution in [0.25, 0.3) is 0 Å². The Hall–Kier alpha value is -0.680. The number of anilines is 1. The van der Waals surface area contributed by atoms with Crippen molar-refractivity contribution < 1.29 is 0 Å². The standard InChI is InChI=1S/C12H24N4S/c1-6-8-13-11-15-14-10(17-11)9-16(5)12(3,4)7-2/h6-9H2,1-5H3,(H,13,15). The van der Waals surface area contributed by atoms with Gasteiger partial charge in [0.1, 0.15) is 5.01 Å². The van der Waals surface area contributed by atoms with Crippen molar-refractivity contribution in [3.8, 4) is 0 Å². The van der Waals surface area contributed by atoms with Crippen LogP contribution in [0.1, 0.15) is 45.5 Å². The number of aromatic nitrogens is 2. The van der Waals surface area contributed by atoms with Crippen LogP contribution in [0.15, 0.2) is 0 Å². The van der Waals surface area contributed by atoms with E-state index >= 15 is 0 Å². The molecule has 5 heteroatoms. The van der Waals surface area contributed by atoms with Gasteiger partial charge in [0.15, 0.2) is 0 Å². The molecule has 17 heavy (non-hydrogen) atoms. The predicted molar refractivity (Wildman–Crippen MR) is 74.5 cm³/mol. The molecule has 1 N–H and O–H groups in total. The van der Waals surface area contributed by atoms with Crippen LogP contribution in [0, 0.1) is 0 Å². The molecule has 0 radical (unpaired) electrons. The molecule has 1 aromatic rings. The topological polar surface area (TPSA) is 41.1 Å². The Balaban J connectivity index is 2.54. The van der Waals surface area contributed by atoms with Crippen LogP contribution in [0.3, 0.4) is 0 Å². The highest BCUT2D eigenvalue weighted by molar-refractivity contribution is 7.15. The molecule has 98 valence electrons. The summed E-state index contributed by atoms with van der Waals surface area (Å²) < 4.78 is 0. The maximum Gasteiger partial charge on any atom is 0.205 e. The molecule has 0 unspecified atom stereocenters. The Morgan fingerprint density at radius 1 is 1.29 bits per heavy atom. The number of nitrogens with one attached hydrogen (secondary N) is 1. The van der Waals surface area contributed by atoms with Crippen LogP contribution in [0.5, 0.6) is 0 Å². The van der Waals surface area contributed by atoms with Crippen molar-refractivity contribution in [2.45, 2.75) is 52.6 Å². The molecule has 0 bridgehead atoms. The minimum atomic E-state index is 0.211. The third-order valence-corrected chi connectivity index (χ3v) is 4.13. The first-order valence-corrected chi connectivity index (χ1v) is 7.08. The van der Waals surface area contributed by atoms with Gasteiger partial charge in [-0.15, -0.1) is 10.2 Å². The van der Waals surface area contributed by atoms with Crippen LogP contribution < -0.4 is 5.32 Å². The molecular formula is C12H24N4S. The van der Waals surface area contributed by atoms with E-state index in [-0.39, 0.29) is 5.54 Å². The molecule has 0 aliphatic heterocycles.